The highest BCUT2D eigenvalue weighted by atomic mass is 16.6. The predicted molar refractivity (Wildman–Crippen MR) is 123 cm³/mol. The molecule has 1 spiro atoms. The van der Waals surface area contributed by atoms with Crippen LogP contribution >= 0.6 is 0 Å². The molecule has 34 heavy (non-hydrogen) atoms. The largest absolute Gasteiger partial charge is 0.444 e. The second-order valence-electron chi connectivity index (χ2n) is 10.3. The van der Waals surface area contributed by atoms with Crippen LogP contribution in [-0.2, 0) is 4.74 Å². The van der Waals surface area contributed by atoms with Gasteiger partial charge in [-0.15, -0.1) is 5.10 Å². The van der Waals surface area contributed by atoms with Crippen LogP contribution in [0.1, 0.15) is 49.7 Å². The summed E-state index contributed by atoms with van der Waals surface area (Å²) in [5.41, 5.74) is 0.791. The molecule has 11 heteroatoms. The molecule has 3 aromatic heterocycles. The summed E-state index contributed by atoms with van der Waals surface area (Å²) >= 11 is 0. The summed E-state index contributed by atoms with van der Waals surface area (Å²) in [5, 5.41) is 8.69. The summed E-state index contributed by atoms with van der Waals surface area (Å²) in [4.78, 5) is 44.1. The SMILES string of the molecule is Cc1c(C(=O)N2CC3(CCN(C(=O)OC(C)(C)C)CC3)C2)cnn1-c1nn2cccc2c(=O)[nH]1. The van der Waals surface area contributed by atoms with Gasteiger partial charge in [0.2, 0.25) is 5.95 Å². The number of amides is 2. The molecule has 0 aliphatic carbocycles. The molecule has 11 nitrogen and oxygen atoms in total. The fourth-order valence-corrected chi connectivity index (χ4v) is 4.74. The van der Waals surface area contributed by atoms with E-state index < -0.39 is 5.60 Å². The van der Waals surface area contributed by atoms with Gasteiger partial charge in [-0.1, -0.05) is 0 Å². The summed E-state index contributed by atoms with van der Waals surface area (Å²) in [6, 6.07) is 3.42. The number of piperidine rings is 1. The minimum absolute atomic E-state index is 0.0460. The average molecular weight is 468 g/mol. The number of ether oxygens (including phenoxy) is 1. The van der Waals surface area contributed by atoms with Crippen molar-refractivity contribution in [3.63, 3.8) is 0 Å². The quantitative estimate of drug-likeness (QED) is 0.616. The topological polar surface area (TPSA) is 118 Å². The van der Waals surface area contributed by atoms with Crippen LogP contribution in [0, 0.1) is 12.3 Å². The molecule has 2 aliphatic rings. The van der Waals surface area contributed by atoms with E-state index in [9.17, 15) is 14.4 Å². The third-order valence-electron chi connectivity index (χ3n) is 6.64. The maximum atomic E-state index is 13.2. The molecular weight excluding hydrogens is 438 g/mol. The Morgan fingerprint density at radius 3 is 2.53 bits per heavy atom. The summed E-state index contributed by atoms with van der Waals surface area (Å²) in [6.45, 7) is 9.96. The van der Waals surface area contributed by atoms with Crippen molar-refractivity contribution in [3.8, 4) is 5.95 Å². The van der Waals surface area contributed by atoms with E-state index in [2.05, 4.69) is 15.2 Å². The summed E-state index contributed by atoms with van der Waals surface area (Å²) in [7, 11) is 0. The van der Waals surface area contributed by atoms with Gasteiger partial charge in [-0.25, -0.2) is 14.0 Å². The van der Waals surface area contributed by atoms with Crippen molar-refractivity contribution in [1.82, 2.24) is 34.2 Å². The monoisotopic (exact) mass is 467 g/mol. The van der Waals surface area contributed by atoms with E-state index in [1.807, 2.05) is 25.7 Å². The first-order valence-electron chi connectivity index (χ1n) is 11.5. The first-order valence-corrected chi connectivity index (χ1v) is 11.5. The van der Waals surface area contributed by atoms with E-state index in [0.29, 0.717) is 43.0 Å². The standard InChI is InChI=1S/C23H29N7O4/c1-15-16(12-24-30(15)20-25-18(31)17-6-5-9-29(17)26-20)19(32)28-13-23(14-28)7-10-27(11-8-23)21(33)34-22(2,3)4/h5-6,9,12H,7-8,10-11,13-14H2,1-4H3,(H,25,26,31). The van der Waals surface area contributed by atoms with Crippen molar-refractivity contribution < 1.29 is 14.3 Å². The Morgan fingerprint density at radius 1 is 1.15 bits per heavy atom. The molecule has 3 aromatic rings. The predicted octanol–water partition coefficient (Wildman–Crippen LogP) is 1.99. The first kappa shape index (κ1) is 22.2. The van der Waals surface area contributed by atoms with Crippen molar-refractivity contribution in [1.29, 1.82) is 0 Å². The molecule has 5 heterocycles. The van der Waals surface area contributed by atoms with E-state index in [4.69, 9.17) is 4.74 Å². The third-order valence-corrected chi connectivity index (χ3v) is 6.64. The van der Waals surface area contributed by atoms with E-state index >= 15 is 0 Å². The van der Waals surface area contributed by atoms with Gasteiger partial charge < -0.3 is 14.5 Å². The maximum Gasteiger partial charge on any atom is 0.410 e. The fraction of sp³-hybridized carbons (Fsp3) is 0.522. The van der Waals surface area contributed by atoms with Crippen molar-refractivity contribution in [2.75, 3.05) is 26.2 Å². The molecule has 180 valence electrons. The Bertz CT molecular complexity index is 1310. The minimum Gasteiger partial charge on any atom is -0.444 e. The number of H-pyrrole nitrogens is 1. The summed E-state index contributed by atoms with van der Waals surface area (Å²) < 4.78 is 8.44. The lowest BCUT2D eigenvalue weighted by Gasteiger charge is -2.53. The number of carbonyl (C=O) groups is 2. The number of hydrogen-bond acceptors (Lipinski definition) is 6. The number of aromatic amines is 1. The van der Waals surface area contributed by atoms with E-state index in [-0.39, 0.29) is 28.9 Å². The van der Waals surface area contributed by atoms with Crippen molar-refractivity contribution >= 4 is 17.5 Å². The molecule has 2 aliphatic heterocycles. The Labute approximate surface area is 196 Å². The van der Waals surface area contributed by atoms with Crippen molar-refractivity contribution in [3.05, 3.63) is 46.1 Å². The highest BCUT2D eigenvalue weighted by Gasteiger charge is 2.48. The van der Waals surface area contributed by atoms with Gasteiger partial charge >= 0.3 is 6.09 Å². The lowest BCUT2D eigenvalue weighted by Crippen LogP contribution is -2.62. The number of nitrogens with one attached hydrogen (secondary N) is 1. The van der Waals surface area contributed by atoms with E-state index in [1.165, 1.54) is 15.4 Å². The number of rotatable bonds is 2. The fourth-order valence-electron chi connectivity index (χ4n) is 4.74. The number of carbonyl (C=O) groups excluding carboxylic acids is 2. The van der Waals surface area contributed by atoms with Crippen LogP contribution in [0.5, 0.6) is 0 Å². The molecule has 0 unspecified atom stereocenters. The minimum atomic E-state index is -0.510. The second-order valence-corrected chi connectivity index (χ2v) is 10.3. The molecular formula is C23H29N7O4. The lowest BCUT2D eigenvalue weighted by molar-refractivity contribution is -0.0395. The van der Waals surface area contributed by atoms with Crippen LogP contribution in [0.25, 0.3) is 11.5 Å². The number of fused-ring (bicyclic) bond motifs is 1. The number of likely N-dealkylation sites (tertiary alicyclic amines) is 2. The smallest absolute Gasteiger partial charge is 0.410 e. The molecule has 5 rings (SSSR count). The van der Waals surface area contributed by atoms with Crippen molar-refractivity contribution in [2.24, 2.45) is 5.41 Å². The third kappa shape index (κ3) is 3.84. The van der Waals surface area contributed by atoms with Gasteiger partial charge in [0.25, 0.3) is 11.5 Å². The summed E-state index contributed by atoms with van der Waals surface area (Å²) in [6.07, 6.45) is 4.62. The Hall–Kier alpha value is -3.63. The number of nitrogens with zero attached hydrogens (tertiary/aromatic N) is 6. The molecule has 0 radical (unpaired) electrons. The van der Waals surface area contributed by atoms with Crippen LogP contribution in [0.2, 0.25) is 0 Å². The summed E-state index contributed by atoms with van der Waals surface area (Å²) in [5.74, 6) is 0.160. The molecule has 1 N–H and O–H groups in total. The average Bonchev–Trinajstić information content (AvgIpc) is 3.37. The second kappa shape index (κ2) is 7.71. The van der Waals surface area contributed by atoms with Crippen LogP contribution in [0.4, 0.5) is 4.79 Å². The van der Waals surface area contributed by atoms with Gasteiger partial charge in [-0.3, -0.25) is 14.6 Å². The number of aromatic nitrogens is 5. The Morgan fingerprint density at radius 2 is 1.85 bits per heavy atom. The van der Waals surface area contributed by atoms with Gasteiger partial charge in [-0.05, 0) is 52.7 Å². The zero-order valence-electron chi connectivity index (χ0n) is 19.9. The maximum absolute atomic E-state index is 13.2. The van der Waals surface area contributed by atoms with Gasteiger partial charge in [0.1, 0.15) is 11.1 Å². The molecule has 0 bridgehead atoms. The highest BCUT2D eigenvalue weighted by Crippen LogP contribution is 2.41. The Kier molecular flexibility index (Phi) is 5.03. The van der Waals surface area contributed by atoms with Crippen LogP contribution in [-0.4, -0.2) is 78.0 Å². The molecule has 2 amide bonds. The van der Waals surface area contributed by atoms with Gasteiger partial charge in [0, 0.05) is 37.8 Å². The molecule has 0 atom stereocenters. The zero-order chi connectivity index (χ0) is 24.3. The molecule has 2 fully saturated rings. The normalized spacial score (nSPS) is 17.8. The van der Waals surface area contributed by atoms with Crippen LogP contribution in [0.3, 0.4) is 0 Å². The first-order chi connectivity index (χ1) is 16.1. The van der Waals surface area contributed by atoms with Crippen molar-refractivity contribution in [2.45, 2.75) is 46.1 Å². The Balaban J connectivity index is 1.24. The van der Waals surface area contributed by atoms with Gasteiger partial charge in [0.05, 0.1) is 17.5 Å². The van der Waals surface area contributed by atoms with Gasteiger partial charge in [-0.2, -0.15) is 5.10 Å². The molecule has 0 aromatic carbocycles. The number of hydrogen-bond donors (Lipinski definition) is 1. The van der Waals surface area contributed by atoms with E-state index in [1.54, 1.807) is 30.2 Å². The highest BCUT2D eigenvalue weighted by molar-refractivity contribution is 5.95. The van der Waals surface area contributed by atoms with E-state index in [0.717, 1.165) is 12.8 Å². The van der Waals surface area contributed by atoms with Crippen LogP contribution < -0.4 is 5.56 Å². The lowest BCUT2D eigenvalue weighted by atomic mass is 9.72. The molecule has 2 saturated heterocycles. The zero-order valence-corrected chi connectivity index (χ0v) is 19.9. The van der Waals surface area contributed by atoms with Gasteiger partial charge in [0.15, 0.2) is 0 Å². The van der Waals surface area contributed by atoms with Crippen LogP contribution in [0.15, 0.2) is 29.3 Å². The molecule has 0 saturated carbocycles.